The van der Waals surface area contributed by atoms with Crippen molar-refractivity contribution in [1.82, 2.24) is 34.5 Å². The van der Waals surface area contributed by atoms with Crippen LogP contribution in [-0.4, -0.2) is 53.3 Å². The van der Waals surface area contributed by atoms with Crippen molar-refractivity contribution in [3.05, 3.63) is 59.8 Å². The Morgan fingerprint density at radius 3 is 2.59 bits per heavy atom. The highest BCUT2D eigenvalue weighted by Gasteiger charge is 2.16. The van der Waals surface area contributed by atoms with Crippen LogP contribution in [0.1, 0.15) is 17.1 Å². The van der Waals surface area contributed by atoms with Crippen molar-refractivity contribution >= 4 is 23.5 Å². The number of benzene rings is 1. The first-order valence-electron chi connectivity index (χ1n) is 9.80. The van der Waals surface area contributed by atoms with E-state index in [1.807, 2.05) is 51.1 Å². The van der Waals surface area contributed by atoms with Gasteiger partial charge in [-0.2, -0.15) is 9.78 Å². The molecule has 4 aromatic rings. The van der Waals surface area contributed by atoms with Crippen molar-refractivity contribution in [2.75, 3.05) is 18.2 Å². The molecule has 0 spiro atoms. The molecule has 1 amide bonds. The van der Waals surface area contributed by atoms with Gasteiger partial charge >= 0.3 is 0 Å². The van der Waals surface area contributed by atoms with E-state index < -0.39 is 0 Å². The SMILES string of the molecule is COc1ccccc1-n1cnnc1SCC(=O)Nc1cc(C)nn1-c1nc(C)cc(C)n1. The lowest BCUT2D eigenvalue weighted by molar-refractivity contribution is -0.113. The maximum atomic E-state index is 12.7. The smallest absolute Gasteiger partial charge is 0.252 e. The third kappa shape index (κ3) is 4.62. The van der Waals surface area contributed by atoms with Crippen LogP contribution in [0, 0.1) is 20.8 Å². The second-order valence-corrected chi connectivity index (χ2v) is 7.97. The van der Waals surface area contributed by atoms with Crippen molar-refractivity contribution in [2.45, 2.75) is 25.9 Å². The van der Waals surface area contributed by atoms with Gasteiger partial charge in [0, 0.05) is 17.5 Å². The first kappa shape index (κ1) is 21.5. The number of carbonyl (C=O) groups is 1. The standard InChI is InChI=1S/C21H22N8O2S/c1-13-9-14(2)24-20(23-13)29-18(10-15(3)27-29)25-19(30)11-32-21-26-22-12-28(21)16-7-5-6-8-17(16)31-4/h5-10,12H,11H2,1-4H3,(H,25,30). The van der Waals surface area contributed by atoms with Gasteiger partial charge in [0.2, 0.25) is 5.91 Å². The fourth-order valence-electron chi connectivity index (χ4n) is 3.17. The molecule has 0 atom stereocenters. The van der Waals surface area contributed by atoms with Crippen LogP contribution in [0.15, 0.2) is 47.9 Å². The summed E-state index contributed by atoms with van der Waals surface area (Å²) in [7, 11) is 1.61. The van der Waals surface area contributed by atoms with E-state index in [2.05, 4.69) is 30.6 Å². The summed E-state index contributed by atoms with van der Waals surface area (Å²) in [4.78, 5) is 21.6. The summed E-state index contributed by atoms with van der Waals surface area (Å²) in [5, 5.41) is 16.0. The summed E-state index contributed by atoms with van der Waals surface area (Å²) in [6.45, 7) is 5.63. The highest BCUT2D eigenvalue weighted by Crippen LogP contribution is 2.26. The third-order valence-corrected chi connectivity index (χ3v) is 5.40. The van der Waals surface area contributed by atoms with Crippen molar-refractivity contribution < 1.29 is 9.53 Å². The molecule has 10 nitrogen and oxygen atoms in total. The molecule has 0 radical (unpaired) electrons. The van der Waals surface area contributed by atoms with Gasteiger partial charge in [0.25, 0.3) is 5.95 Å². The maximum absolute atomic E-state index is 12.7. The van der Waals surface area contributed by atoms with Crippen molar-refractivity contribution in [1.29, 1.82) is 0 Å². The predicted molar refractivity (Wildman–Crippen MR) is 121 cm³/mol. The number of ether oxygens (including phenoxy) is 1. The topological polar surface area (TPSA) is 113 Å². The zero-order valence-corrected chi connectivity index (χ0v) is 18.9. The molecular weight excluding hydrogens is 428 g/mol. The molecule has 11 heteroatoms. The molecule has 164 valence electrons. The molecule has 0 fully saturated rings. The monoisotopic (exact) mass is 450 g/mol. The highest BCUT2D eigenvalue weighted by atomic mass is 32.2. The number of hydrogen-bond donors (Lipinski definition) is 1. The Balaban J connectivity index is 1.49. The van der Waals surface area contributed by atoms with Crippen LogP contribution >= 0.6 is 11.8 Å². The van der Waals surface area contributed by atoms with Crippen molar-refractivity contribution in [3.63, 3.8) is 0 Å². The number of nitrogens with one attached hydrogen (secondary N) is 1. The molecule has 1 N–H and O–H groups in total. The molecule has 1 aromatic carbocycles. The minimum absolute atomic E-state index is 0.131. The summed E-state index contributed by atoms with van der Waals surface area (Å²) in [6, 6.07) is 11.2. The number of aryl methyl sites for hydroxylation is 3. The number of amides is 1. The molecule has 0 saturated carbocycles. The Kier molecular flexibility index (Phi) is 6.17. The molecule has 0 unspecified atom stereocenters. The summed E-state index contributed by atoms with van der Waals surface area (Å²) >= 11 is 1.27. The number of carbonyl (C=O) groups excluding carboxylic acids is 1. The number of rotatable bonds is 7. The van der Waals surface area contributed by atoms with Gasteiger partial charge in [0.05, 0.1) is 24.2 Å². The van der Waals surface area contributed by atoms with Gasteiger partial charge in [0.15, 0.2) is 5.16 Å². The molecular formula is C21H22N8O2S. The second-order valence-electron chi connectivity index (χ2n) is 7.03. The Labute approximate surface area is 189 Å². The van der Waals surface area contributed by atoms with Crippen LogP contribution in [-0.2, 0) is 4.79 Å². The van der Waals surface area contributed by atoms with E-state index in [9.17, 15) is 4.79 Å². The summed E-state index contributed by atoms with van der Waals surface area (Å²) in [6.07, 6.45) is 1.59. The summed E-state index contributed by atoms with van der Waals surface area (Å²) < 4.78 is 8.74. The lowest BCUT2D eigenvalue weighted by Gasteiger charge is -2.11. The third-order valence-electron chi connectivity index (χ3n) is 4.45. The van der Waals surface area contributed by atoms with Crippen LogP contribution in [0.3, 0.4) is 0 Å². The molecule has 4 rings (SSSR count). The van der Waals surface area contributed by atoms with Crippen LogP contribution in [0.2, 0.25) is 0 Å². The number of anilines is 1. The molecule has 3 heterocycles. The Morgan fingerprint density at radius 2 is 1.84 bits per heavy atom. The fraction of sp³-hybridized carbons (Fsp3) is 0.238. The molecule has 3 aromatic heterocycles. The van der Waals surface area contributed by atoms with Crippen LogP contribution in [0.5, 0.6) is 5.75 Å². The summed E-state index contributed by atoms with van der Waals surface area (Å²) in [5.74, 6) is 1.52. The van der Waals surface area contributed by atoms with Crippen LogP contribution < -0.4 is 10.1 Å². The van der Waals surface area contributed by atoms with Crippen LogP contribution in [0.25, 0.3) is 11.6 Å². The van der Waals surface area contributed by atoms with E-state index >= 15 is 0 Å². The Bertz CT molecular complexity index is 1250. The molecule has 0 bridgehead atoms. The fourth-order valence-corrected chi connectivity index (χ4v) is 3.89. The zero-order valence-electron chi connectivity index (χ0n) is 18.1. The normalized spacial score (nSPS) is 10.9. The summed E-state index contributed by atoms with van der Waals surface area (Å²) in [5.41, 5.74) is 3.18. The van der Waals surface area contributed by atoms with Gasteiger partial charge in [-0.1, -0.05) is 23.9 Å². The minimum Gasteiger partial charge on any atom is -0.495 e. The van der Waals surface area contributed by atoms with E-state index in [1.54, 1.807) is 24.1 Å². The van der Waals surface area contributed by atoms with Crippen LogP contribution in [0.4, 0.5) is 5.82 Å². The van der Waals surface area contributed by atoms with Gasteiger partial charge in [0.1, 0.15) is 17.9 Å². The number of hydrogen-bond acceptors (Lipinski definition) is 8. The number of methoxy groups -OCH3 is 1. The molecule has 0 aliphatic heterocycles. The van der Waals surface area contributed by atoms with Gasteiger partial charge in [-0.3, -0.25) is 9.36 Å². The van der Waals surface area contributed by atoms with Gasteiger partial charge in [-0.25, -0.2) is 9.97 Å². The Morgan fingerprint density at radius 1 is 1.09 bits per heavy atom. The van der Waals surface area contributed by atoms with Gasteiger partial charge in [-0.05, 0) is 39.0 Å². The predicted octanol–water partition coefficient (Wildman–Crippen LogP) is 2.91. The van der Waals surface area contributed by atoms with E-state index in [4.69, 9.17) is 4.74 Å². The van der Waals surface area contributed by atoms with E-state index in [1.165, 1.54) is 16.4 Å². The number of nitrogens with zero attached hydrogens (tertiary/aromatic N) is 7. The van der Waals surface area contributed by atoms with Crippen molar-refractivity contribution in [2.24, 2.45) is 0 Å². The highest BCUT2D eigenvalue weighted by molar-refractivity contribution is 7.99. The van der Waals surface area contributed by atoms with Crippen molar-refractivity contribution in [3.8, 4) is 17.4 Å². The van der Waals surface area contributed by atoms with E-state index in [-0.39, 0.29) is 11.7 Å². The first-order valence-corrected chi connectivity index (χ1v) is 10.8. The second kappa shape index (κ2) is 9.18. The average molecular weight is 451 g/mol. The quantitative estimate of drug-likeness (QED) is 0.428. The molecule has 0 aliphatic rings. The largest absolute Gasteiger partial charge is 0.495 e. The Hall–Kier alpha value is -3.73. The van der Waals surface area contributed by atoms with E-state index in [0.717, 1.165) is 22.8 Å². The maximum Gasteiger partial charge on any atom is 0.252 e. The number of para-hydroxylation sites is 2. The first-order chi connectivity index (χ1) is 15.4. The number of aromatic nitrogens is 7. The lowest BCUT2D eigenvalue weighted by atomic mass is 10.3. The molecule has 32 heavy (non-hydrogen) atoms. The van der Waals surface area contributed by atoms with E-state index in [0.29, 0.717) is 22.7 Å². The molecule has 0 saturated heterocycles. The molecule has 0 aliphatic carbocycles. The van der Waals surface area contributed by atoms with Gasteiger partial charge in [-0.15, -0.1) is 10.2 Å². The van der Waals surface area contributed by atoms with Gasteiger partial charge < -0.3 is 10.1 Å². The minimum atomic E-state index is -0.213. The lowest BCUT2D eigenvalue weighted by Crippen LogP contribution is -2.18. The number of thioether (sulfide) groups is 1. The zero-order chi connectivity index (χ0) is 22.7. The average Bonchev–Trinajstić information content (AvgIpc) is 3.37.